The van der Waals surface area contributed by atoms with Crippen molar-refractivity contribution in [1.82, 2.24) is 14.3 Å². The lowest BCUT2D eigenvalue weighted by molar-refractivity contribution is 0.102. The van der Waals surface area contributed by atoms with Crippen LogP contribution in [0, 0.1) is 0 Å². The van der Waals surface area contributed by atoms with E-state index in [9.17, 15) is 13.2 Å². The summed E-state index contributed by atoms with van der Waals surface area (Å²) in [6.45, 7) is 0. The van der Waals surface area contributed by atoms with Crippen LogP contribution in [0.25, 0.3) is 11.0 Å². The SMILES string of the molecule is CN(C1CCCCC1)S(=O)(=O)c1ccc(NC(=O)c2cnc3ccccc3n2)cc1. The van der Waals surface area contributed by atoms with E-state index in [4.69, 9.17) is 0 Å². The predicted molar refractivity (Wildman–Crippen MR) is 116 cm³/mol. The molecule has 0 unspecified atom stereocenters. The molecule has 30 heavy (non-hydrogen) atoms. The summed E-state index contributed by atoms with van der Waals surface area (Å²) < 4.78 is 27.4. The molecule has 8 heteroatoms. The van der Waals surface area contributed by atoms with Crippen LogP contribution in [0.3, 0.4) is 0 Å². The molecule has 1 aromatic heterocycles. The molecule has 1 aliphatic rings. The first-order valence-corrected chi connectivity index (χ1v) is 11.5. The molecule has 1 saturated carbocycles. The van der Waals surface area contributed by atoms with Crippen LogP contribution in [-0.4, -0.2) is 41.7 Å². The van der Waals surface area contributed by atoms with Gasteiger partial charge in [0.05, 0.1) is 22.1 Å². The summed E-state index contributed by atoms with van der Waals surface area (Å²) in [5, 5.41) is 2.74. The lowest BCUT2D eigenvalue weighted by Crippen LogP contribution is -2.38. The Morgan fingerprint density at radius 3 is 2.37 bits per heavy atom. The Balaban J connectivity index is 1.47. The van der Waals surface area contributed by atoms with Crippen molar-refractivity contribution in [2.24, 2.45) is 0 Å². The van der Waals surface area contributed by atoms with Crippen LogP contribution >= 0.6 is 0 Å². The molecule has 1 fully saturated rings. The van der Waals surface area contributed by atoms with Gasteiger partial charge >= 0.3 is 0 Å². The topological polar surface area (TPSA) is 92.3 Å². The second-order valence-corrected chi connectivity index (χ2v) is 9.53. The maximum Gasteiger partial charge on any atom is 0.275 e. The second kappa shape index (κ2) is 8.49. The molecule has 1 heterocycles. The average Bonchev–Trinajstić information content (AvgIpc) is 2.79. The van der Waals surface area contributed by atoms with Crippen molar-refractivity contribution in [2.45, 2.75) is 43.0 Å². The first kappa shape index (κ1) is 20.4. The molecule has 0 atom stereocenters. The minimum atomic E-state index is -3.56. The molecule has 156 valence electrons. The minimum Gasteiger partial charge on any atom is -0.321 e. The Bertz CT molecular complexity index is 1160. The number of nitrogens with one attached hydrogen (secondary N) is 1. The van der Waals surface area contributed by atoms with Crippen LogP contribution in [0.1, 0.15) is 42.6 Å². The van der Waals surface area contributed by atoms with E-state index in [0.717, 1.165) is 25.7 Å². The van der Waals surface area contributed by atoms with Gasteiger partial charge in [-0.25, -0.2) is 13.4 Å². The summed E-state index contributed by atoms with van der Waals surface area (Å²) in [7, 11) is -1.91. The molecule has 1 aliphatic carbocycles. The predicted octanol–water partition coefficient (Wildman–Crippen LogP) is 3.84. The van der Waals surface area contributed by atoms with E-state index in [0.29, 0.717) is 16.7 Å². The molecule has 0 saturated heterocycles. The standard InChI is InChI=1S/C22H24N4O3S/c1-26(17-7-3-2-4-8-17)30(28,29)18-13-11-16(12-14-18)24-22(27)21-15-23-19-9-5-6-10-20(19)25-21/h5-6,9-15,17H,2-4,7-8H2,1H3,(H,24,27). The van der Waals surface area contributed by atoms with E-state index in [1.807, 2.05) is 18.2 Å². The molecule has 7 nitrogen and oxygen atoms in total. The fourth-order valence-electron chi connectivity index (χ4n) is 3.78. The smallest absolute Gasteiger partial charge is 0.275 e. The maximum atomic E-state index is 12.9. The summed E-state index contributed by atoms with van der Waals surface area (Å²) in [5.41, 5.74) is 2.04. The van der Waals surface area contributed by atoms with Crippen LogP contribution in [0.15, 0.2) is 59.6 Å². The third kappa shape index (κ3) is 4.20. The monoisotopic (exact) mass is 424 g/mol. The maximum absolute atomic E-state index is 12.9. The number of nitrogens with zero attached hydrogens (tertiary/aromatic N) is 3. The average molecular weight is 425 g/mol. The van der Waals surface area contributed by atoms with E-state index < -0.39 is 15.9 Å². The van der Waals surface area contributed by atoms with E-state index in [1.165, 1.54) is 29.1 Å². The summed E-state index contributed by atoms with van der Waals surface area (Å²) >= 11 is 0. The molecule has 2 aromatic carbocycles. The third-order valence-corrected chi connectivity index (χ3v) is 7.48. The number of benzene rings is 2. The number of hydrogen-bond donors (Lipinski definition) is 1. The Morgan fingerprint density at radius 2 is 1.67 bits per heavy atom. The van der Waals surface area contributed by atoms with Gasteiger partial charge in [-0.1, -0.05) is 31.4 Å². The van der Waals surface area contributed by atoms with Crippen LogP contribution in [0.2, 0.25) is 0 Å². The van der Waals surface area contributed by atoms with Crippen molar-refractivity contribution in [3.8, 4) is 0 Å². The first-order chi connectivity index (χ1) is 14.4. The number of anilines is 1. The third-order valence-electron chi connectivity index (χ3n) is 5.56. The normalized spacial score (nSPS) is 15.4. The molecule has 0 spiro atoms. The fourth-order valence-corrected chi connectivity index (χ4v) is 5.20. The molecule has 0 bridgehead atoms. The van der Waals surface area contributed by atoms with E-state index in [-0.39, 0.29) is 16.6 Å². The van der Waals surface area contributed by atoms with E-state index in [1.54, 1.807) is 25.2 Å². The van der Waals surface area contributed by atoms with Gasteiger partial charge in [0.15, 0.2) is 0 Å². The Labute approximate surface area is 176 Å². The number of fused-ring (bicyclic) bond motifs is 1. The lowest BCUT2D eigenvalue weighted by Gasteiger charge is -2.30. The van der Waals surface area contributed by atoms with Crippen molar-refractivity contribution in [1.29, 1.82) is 0 Å². The highest BCUT2D eigenvalue weighted by molar-refractivity contribution is 7.89. The van der Waals surface area contributed by atoms with Crippen LogP contribution in [0.4, 0.5) is 5.69 Å². The Morgan fingerprint density at radius 1 is 1.00 bits per heavy atom. The van der Waals surface area contributed by atoms with Gasteiger partial charge < -0.3 is 5.32 Å². The zero-order valence-corrected chi connectivity index (χ0v) is 17.6. The molecule has 4 rings (SSSR count). The number of carbonyl (C=O) groups is 1. The quantitative estimate of drug-likeness (QED) is 0.672. The van der Waals surface area contributed by atoms with Gasteiger partial charge in [-0.3, -0.25) is 9.78 Å². The molecular formula is C22H24N4O3S. The number of amides is 1. The van der Waals surface area contributed by atoms with Crippen molar-refractivity contribution >= 4 is 32.7 Å². The fraction of sp³-hybridized carbons (Fsp3) is 0.318. The van der Waals surface area contributed by atoms with Crippen molar-refractivity contribution in [3.63, 3.8) is 0 Å². The zero-order valence-electron chi connectivity index (χ0n) is 16.8. The summed E-state index contributed by atoms with van der Waals surface area (Å²) in [6.07, 6.45) is 6.52. The van der Waals surface area contributed by atoms with E-state index in [2.05, 4.69) is 15.3 Å². The first-order valence-electron chi connectivity index (χ1n) is 10.1. The number of sulfonamides is 1. The van der Waals surface area contributed by atoms with Crippen molar-refractivity contribution in [3.05, 3.63) is 60.4 Å². The summed E-state index contributed by atoms with van der Waals surface area (Å²) in [4.78, 5) is 21.3. The Kier molecular flexibility index (Phi) is 5.78. The van der Waals surface area contributed by atoms with Crippen LogP contribution < -0.4 is 5.32 Å². The molecular weight excluding hydrogens is 400 g/mol. The number of aromatic nitrogens is 2. The molecule has 1 N–H and O–H groups in total. The molecule has 3 aromatic rings. The molecule has 0 radical (unpaired) electrons. The highest BCUT2D eigenvalue weighted by atomic mass is 32.2. The van der Waals surface area contributed by atoms with Gasteiger partial charge in [-0.15, -0.1) is 0 Å². The van der Waals surface area contributed by atoms with Crippen molar-refractivity contribution < 1.29 is 13.2 Å². The van der Waals surface area contributed by atoms with Gasteiger partial charge in [0.1, 0.15) is 5.69 Å². The van der Waals surface area contributed by atoms with Crippen molar-refractivity contribution in [2.75, 3.05) is 12.4 Å². The molecule has 1 amide bonds. The number of para-hydroxylation sites is 2. The van der Waals surface area contributed by atoms with E-state index >= 15 is 0 Å². The highest BCUT2D eigenvalue weighted by Gasteiger charge is 2.29. The van der Waals surface area contributed by atoms with Crippen LogP contribution in [0.5, 0.6) is 0 Å². The lowest BCUT2D eigenvalue weighted by atomic mass is 9.96. The minimum absolute atomic E-state index is 0.0506. The number of hydrogen-bond acceptors (Lipinski definition) is 5. The Hall–Kier alpha value is -2.84. The second-order valence-electron chi connectivity index (χ2n) is 7.54. The highest BCUT2D eigenvalue weighted by Crippen LogP contribution is 2.27. The van der Waals surface area contributed by atoms with Gasteiger partial charge in [0.25, 0.3) is 5.91 Å². The summed E-state index contributed by atoms with van der Waals surface area (Å²) in [6, 6.07) is 13.6. The van der Waals surface area contributed by atoms with Gasteiger partial charge in [-0.05, 0) is 49.2 Å². The molecule has 0 aliphatic heterocycles. The summed E-state index contributed by atoms with van der Waals surface area (Å²) in [5.74, 6) is -0.400. The largest absolute Gasteiger partial charge is 0.321 e. The van der Waals surface area contributed by atoms with Gasteiger partial charge in [-0.2, -0.15) is 4.31 Å². The van der Waals surface area contributed by atoms with Crippen LogP contribution in [-0.2, 0) is 10.0 Å². The number of carbonyl (C=O) groups excluding carboxylic acids is 1. The number of rotatable bonds is 5. The zero-order chi connectivity index (χ0) is 21.1. The van der Waals surface area contributed by atoms with Gasteiger partial charge in [0, 0.05) is 18.8 Å². The van der Waals surface area contributed by atoms with Gasteiger partial charge in [0.2, 0.25) is 10.0 Å².